The number of hydrogen-bond donors (Lipinski definition) is 3. The predicted molar refractivity (Wildman–Crippen MR) is 137 cm³/mol. The molecule has 0 spiro atoms. The zero-order chi connectivity index (χ0) is 25.5. The van der Waals surface area contributed by atoms with E-state index in [9.17, 15) is 19.8 Å². The summed E-state index contributed by atoms with van der Waals surface area (Å²) in [6, 6.07) is 17.6. The number of allylic oxidation sites excluding steroid dienone is 2. The molecule has 1 fully saturated rings. The van der Waals surface area contributed by atoms with E-state index in [1.54, 1.807) is 0 Å². The molecule has 0 saturated carbocycles. The van der Waals surface area contributed by atoms with Gasteiger partial charge in [-0.3, -0.25) is 9.59 Å². The molecule has 1 saturated heterocycles. The van der Waals surface area contributed by atoms with Crippen LogP contribution in [0.4, 0.5) is 5.69 Å². The highest BCUT2D eigenvalue weighted by molar-refractivity contribution is 5.91. The highest BCUT2D eigenvalue weighted by Crippen LogP contribution is 2.22. The van der Waals surface area contributed by atoms with Gasteiger partial charge in [-0.1, -0.05) is 30.3 Å². The van der Waals surface area contributed by atoms with Crippen molar-refractivity contribution in [1.29, 1.82) is 0 Å². The van der Waals surface area contributed by atoms with Gasteiger partial charge in [-0.15, -0.1) is 0 Å². The maximum absolute atomic E-state index is 12.7. The van der Waals surface area contributed by atoms with Crippen molar-refractivity contribution >= 4 is 17.5 Å². The molecule has 2 amide bonds. The maximum atomic E-state index is 12.7. The van der Waals surface area contributed by atoms with Gasteiger partial charge in [0.15, 0.2) is 12.2 Å². The van der Waals surface area contributed by atoms with Crippen LogP contribution in [-0.2, 0) is 9.59 Å². The highest BCUT2D eigenvalue weighted by atomic mass is 16.5. The first-order valence-electron chi connectivity index (χ1n) is 12.3. The maximum Gasteiger partial charge on any atom is 0.254 e. The first-order valence-corrected chi connectivity index (χ1v) is 12.3. The number of rotatable bonds is 8. The van der Waals surface area contributed by atoms with Crippen molar-refractivity contribution in [3.63, 3.8) is 0 Å². The van der Waals surface area contributed by atoms with Crippen LogP contribution < -0.4 is 15.0 Å². The van der Waals surface area contributed by atoms with Crippen molar-refractivity contribution in [3.05, 3.63) is 83.6 Å². The van der Waals surface area contributed by atoms with E-state index in [1.165, 1.54) is 4.90 Å². The fourth-order valence-corrected chi connectivity index (χ4v) is 4.35. The Hall–Kier alpha value is -3.62. The molecule has 2 aliphatic rings. The number of anilines is 1. The lowest BCUT2D eigenvalue weighted by Crippen LogP contribution is -2.55. The van der Waals surface area contributed by atoms with E-state index in [0.717, 1.165) is 35.4 Å². The topological polar surface area (TPSA) is 102 Å². The minimum atomic E-state index is -1.84. The Kier molecular flexibility index (Phi) is 8.40. The van der Waals surface area contributed by atoms with Crippen molar-refractivity contribution in [2.24, 2.45) is 0 Å². The third-order valence-electron chi connectivity index (χ3n) is 6.41. The second kappa shape index (κ2) is 11.9. The molecule has 0 aromatic heterocycles. The van der Waals surface area contributed by atoms with Crippen LogP contribution >= 0.6 is 0 Å². The molecule has 8 heteroatoms. The van der Waals surface area contributed by atoms with Gasteiger partial charge in [-0.05, 0) is 67.3 Å². The predicted octanol–water partition coefficient (Wildman–Crippen LogP) is 2.16. The molecule has 190 valence electrons. The number of hydrogen-bond acceptors (Lipinski definition) is 6. The van der Waals surface area contributed by atoms with Crippen molar-refractivity contribution in [1.82, 2.24) is 10.2 Å². The van der Waals surface area contributed by atoms with Crippen molar-refractivity contribution in [2.45, 2.75) is 32.0 Å². The lowest BCUT2D eigenvalue weighted by atomic mass is 10.0. The molecule has 0 bridgehead atoms. The summed E-state index contributed by atoms with van der Waals surface area (Å²) >= 11 is 0. The van der Waals surface area contributed by atoms with E-state index in [1.807, 2.05) is 73.7 Å². The summed E-state index contributed by atoms with van der Waals surface area (Å²) in [5.74, 6) is 0.0142. The zero-order valence-electron chi connectivity index (χ0n) is 20.5. The number of carbonyl (C=O) groups is 2. The second-order valence-electron chi connectivity index (χ2n) is 9.12. The molecule has 1 aliphatic carbocycles. The Morgan fingerprint density at radius 2 is 1.75 bits per heavy atom. The summed E-state index contributed by atoms with van der Waals surface area (Å²) in [5, 5.41) is 23.4. The standard InChI is InChI=1S/C28H33N3O5/c1-20-7-5-11-23(17-20)36-24-12-6-8-21(18-24)19-29-27(34)25(32)26(33)28(35)31-15-13-30(14-16-31)22-9-3-2-4-10-22/h2-5,7,9-12,17-18,25-26,32-33H,6,8,13-16,19H2,1H3,(H,29,34)/t25-,26-/m1/s1. The van der Waals surface area contributed by atoms with Crippen LogP contribution in [0.2, 0.25) is 0 Å². The lowest BCUT2D eigenvalue weighted by Gasteiger charge is -2.37. The quantitative estimate of drug-likeness (QED) is 0.523. The summed E-state index contributed by atoms with van der Waals surface area (Å²) in [6.07, 6.45) is 1.71. The number of benzene rings is 2. The van der Waals surface area contributed by atoms with Gasteiger partial charge < -0.3 is 30.1 Å². The summed E-state index contributed by atoms with van der Waals surface area (Å²) in [5.41, 5.74) is 3.10. The summed E-state index contributed by atoms with van der Waals surface area (Å²) < 4.78 is 5.92. The van der Waals surface area contributed by atoms with Gasteiger partial charge in [0.1, 0.15) is 11.5 Å². The largest absolute Gasteiger partial charge is 0.458 e. The number of piperazine rings is 1. The third-order valence-corrected chi connectivity index (χ3v) is 6.41. The molecule has 36 heavy (non-hydrogen) atoms. The fraction of sp³-hybridized carbons (Fsp3) is 0.357. The van der Waals surface area contributed by atoms with Crippen LogP contribution in [0.15, 0.2) is 78.1 Å². The molecule has 1 heterocycles. The molecule has 3 N–H and O–H groups in total. The first-order chi connectivity index (χ1) is 17.4. The number of aliphatic hydroxyl groups excluding tert-OH is 2. The van der Waals surface area contributed by atoms with Crippen molar-refractivity contribution < 1.29 is 24.5 Å². The average molecular weight is 492 g/mol. The first kappa shape index (κ1) is 25.5. The molecular formula is C28H33N3O5. The molecule has 8 nitrogen and oxygen atoms in total. The zero-order valence-corrected chi connectivity index (χ0v) is 20.5. The molecule has 2 aromatic carbocycles. The molecule has 2 atom stereocenters. The number of nitrogens with zero attached hydrogens (tertiary/aromatic N) is 2. The van der Waals surface area contributed by atoms with Crippen LogP contribution in [0.25, 0.3) is 0 Å². The number of carbonyl (C=O) groups excluding carboxylic acids is 2. The van der Waals surface area contributed by atoms with Gasteiger partial charge in [0, 0.05) is 38.4 Å². The molecule has 2 aromatic rings. The fourth-order valence-electron chi connectivity index (χ4n) is 4.35. The average Bonchev–Trinajstić information content (AvgIpc) is 2.91. The minimum Gasteiger partial charge on any atom is -0.458 e. The Labute approximate surface area is 211 Å². The van der Waals surface area contributed by atoms with E-state index in [4.69, 9.17) is 4.74 Å². The van der Waals surface area contributed by atoms with Crippen molar-refractivity contribution in [3.8, 4) is 5.75 Å². The summed E-state index contributed by atoms with van der Waals surface area (Å²) in [6.45, 7) is 4.22. The van der Waals surface area contributed by atoms with Crippen LogP contribution in [0.1, 0.15) is 18.4 Å². The number of ether oxygens (including phenoxy) is 1. The van der Waals surface area contributed by atoms with E-state index >= 15 is 0 Å². The van der Waals surface area contributed by atoms with Gasteiger partial charge in [-0.2, -0.15) is 0 Å². The lowest BCUT2D eigenvalue weighted by molar-refractivity contribution is -0.153. The Bertz CT molecular complexity index is 1120. The monoisotopic (exact) mass is 491 g/mol. The van der Waals surface area contributed by atoms with Gasteiger partial charge in [0.25, 0.3) is 11.8 Å². The number of amides is 2. The van der Waals surface area contributed by atoms with E-state index in [0.29, 0.717) is 31.9 Å². The third kappa shape index (κ3) is 6.53. The smallest absolute Gasteiger partial charge is 0.254 e. The number of aliphatic hydroxyl groups is 2. The number of para-hydroxylation sites is 1. The van der Waals surface area contributed by atoms with E-state index < -0.39 is 24.0 Å². The Morgan fingerprint density at radius 3 is 2.47 bits per heavy atom. The van der Waals surface area contributed by atoms with Gasteiger partial charge in [0.2, 0.25) is 0 Å². The van der Waals surface area contributed by atoms with Crippen LogP contribution in [0, 0.1) is 6.92 Å². The summed E-state index contributed by atoms with van der Waals surface area (Å²) in [4.78, 5) is 28.8. The highest BCUT2D eigenvalue weighted by Gasteiger charge is 2.34. The summed E-state index contributed by atoms with van der Waals surface area (Å²) in [7, 11) is 0. The molecule has 4 rings (SSSR count). The van der Waals surface area contributed by atoms with E-state index in [-0.39, 0.29) is 6.54 Å². The van der Waals surface area contributed by atoms with E-state index in [2.05, 4.69) is 10.2 Å². The molecule has 0 unspecified atom stereocenters. The van der Waals surface area contributed by atoms with Crippen LogP contribution in [0.5, 0.6) is 5.75 Å². The minimum absolute atomic E-state index is 0.196. The normalized spacial score (nSPS) is 17.5. The molecule has 0 radical (unpaired) electrons. The number of nitrogens with one attached hydrogen (secondary N) is 1. The molecule has 1 aliphatic heterocycles. The van der Waals surface area contributed by atoms with Gasteiger partial charge >= 0.3 is 0 Å². The van der Waals surface area contributed by atoms with Gasteiger partial charge in [0.05, 0.1) is 0 Å². The second-order valence-corrected chi connectivity index (χ2v) is 9.12. The van der Waals surface area contributed by atoms with Crippen LogP contribution in [0.3, 0.4) is 0 Å². The SMILES string of the molecule is Cc1cccc(OC2=CCCC(CNC(=O)[C@H](O)[C@@H](O)C(=O)N3CCN(c4ccccc4)CC3)=C2)c1. The Morgan fingerprint density at radius 1 is 1.00 bits per heavy atom. The van der Waals surface area contributed by atoms with Crippen LogP contribution in [-0.4, -0.2) is 71.9 Å². The number of aryl methyl sites for hydroxylation is 1. The van der Waals surface area contributed by atoms with Crippen molar-refractivity contribution in [2.75, 3.05) is 37.6 Å². The van der Waals surface area contributed by atoms with Gasteiger partial charge in [-0.25, -0.2) is 0 Å². The molecular weight excluding hydrogens is 458 g/mol. The Balaban J connectivity index is 1.25.